The van der Waals surface area contributed by atoms with Gasteiger partial charge in [0.05, 0.1) is 13.1 Å². The van der Waals surface area contributed by atoms with E-state index in [1.54, 1.807) is 0 Å². The van der Waals surface area contributed by atoms with Gasteiger partial charge in [-0.15, -0.1) is 0 Å². The first-order valence-electron chi connectivity index (χ1n) is 10.4. The van der Waals surface area contributed by atoms with Crippen LogP contribution in [0.15, 0.2) is 41.7 Å². The zero-order chi connectivity index (χ0) is 19.9. The summed E-state index contributed by atoms with van der Waals surface area (Å²) in [5.41, 5.74) is 2.40. The van der Waals surface area contributed by atoms with E-state index in [9.17, 15) is 0 Å². The highest BCUT2D eigenvalue weighted by Gasteiger charge is 2.16. The number of hydrogen-bond donors (Lipinski definition) is 1. The molecule has 0 radical (unpaired) electrons. The van der Waals surface area contributed by atoms with Gasteiger partial charge in [0.15, 0.2) is 5.96 Å². The number of piperidine rings is 1. The molecule has 0 aliphatic carbocycles. The molecule has 0 bridgehead atoms. The summed E-state index contributed by atoms with van der Waals surface area (Å²) < 4.78 is 2.14. The van der Waals surface area contributed by atoms with Gasteiger partial charge in [-0.3, -0.25) is 0 Å². The monoisotopic (exact) mass is 382 g/mol. The molecule has 152 valence electrons. The maximum absolute atomic E-state index is 4.81. The van der Waals surface area contributed by atoms with Gasteiger partial charge in [0.2, 0.25) is 0 Å². The summed E-state index contributed by atoms with van der Waals surface area (Å²) in [7, 11) is 4.15. The molecule has 28 heavy (non-hydrogen) atoms. The number of pyridine rings is 1. The molecule has 0 unspecified atom stereocenters. The Morgan fingerprint density at radius 1 is 1.29 bits per heavy atom. The van der Waals surface area contributed by atoms with Crippen molar-refractivity contribution in [2.45, 2.75) is 39.8 Å². The quantitative estimate of drug-likeness (QED) is 0.615. The molecular formula is C22H34N6. The average molecular weight is 383 g/mol. The third-order valence-electron chi connectivity index (χ3n) is 5.48. The van der Waals surface area contributed by atoms with Crippen molar-refractivity contribution in [1.82, 2.24) is 19.8 Å². The highest BCUT2D eigenvalue weighted by atomic mass is 15.3. The van der Waals surface area contributed by atoms with Gasteiger partial charge >= 0.3 is 0 Å². The zero-order valence-corrected chi connectivity index (χ0v) is 17.7. The van der Waals surface area contributed by atoms with Gasteiger partial charge in [-0.25, -0.2) is 9.98 Å². The lowest BCUT2D eigenvalue weighted by Crippen LogP contribution is -2.38. The lowest BCUT2D eigenvalue weighted by Gasteiger charge is -2.31. The Morgan fingerprint density at radius 3 is 2.68 bits per heavy atom. The minimum Gasteiger partial charge on any atom is -0.357 e. The molecule has 0 saturated carbocycles. The second kappa shape index (κ2) is 9.62. The Morgan fingerprint density at radius 2 is 2.07 bits per heavy atom. The molecule has 0 amide bonds. The molecular weight excluding hydrogens is 348 g/mol. The highest BCUT2D eigenvalue weighted by molar-refractivity contribution is 5.79. The molecule has 2 aromatic rings. The minimum absolute atomic E-state index is 0.629. The summed E-state index contributed by atoms with van der Waals surface area (Å²) in [5, 5.41) is 3.39. The summed E-state index contributed by atoms with van der Waals surface area (Å²) in [5.74, 6) is 2.84. The lowest BCUT2D eigenvalue weighted by atomic mass is 9.99. The maximum Gasteiger partial charge on any atom is 0.194 e. The van der Waals surface area contributed by atoms with E-state index in [-0.39, 0.29) is 0 Å². The van der Waals surface area contributed by atoms with Gasteiger partial charge in [0.1, 0.15) is 5.82 Å². The highest BCUT2D eigenvalue weighted by Crippen LogP contribution is 2.21. The number of aliphatic imine (C=N–C) groups is 1. The van der Waals surface area contributed by atoms with Crippen LogP contribution in [0, 0.1) is 5.92 Å². The number of nitrogens with one attached hydrogen (secondary N) is 1. The smallest absolute Gasteiger partial charge is 0.194 e. The topological polar surface area (TPSA) is 48.7 Å². The average Bonchev–Trinajstić information content (AvgIpc) is 3.10. The lowest BCUT2D eigenvalue weighted by molar-refractivity contribution is 0.436. The molecule has 3 rings (SSSR count). The summed E-state index contributed by atoms with van der Waals surface area (Å²) >= 11 is 0. The van der Waals surface area contributed by atoms with Crippen molar-refractivity contribution in [2.75, 3.05) is 31.6 Å². The van der Waals surface area contributed by atoms with E-state index in [0.29, 0.717) is 6.54 Å². The second-order valence-electron chi connectivity index (χ2n) is 7.83. The predicted octanol–water partition coefficient (Wildman–Crippen LogP) is 3.25. The van der Waals surface area contributed by atoms with Crippen molar-refractivity contribution in [3.05, 3.63) is 47.9 Å². The largest absolute Gasteiger partial charge is 0.357 e. The molecule has 1 aliphatic rings. The number of anilines is 1. The first-order valence-corrected chi connectivity index (χ1v) is 10.4. The van der Waals surface area contributed by atoms with Gasteiger partial charge in [-0.05, 0) is 49.4 Å². The Labute approximate surface area is 169 Å². The van der Waals surface area contributed by atoms with Crippen LogP contribution in [0.2, 0.25) is 0 Å². The van der Waals surface area contributed by atoms with Crippen LogP contribution in [-0.4, -0.2) is 47.1 Å². The third-order valence-corrected chi connectivity index (χ3v) is 5.48. The molecule has 6 heteroatoms. The molecule has 1 saturated heterocycles. The van der Waals surface area contributed by atoms with Crippen molar-refractivity contribution in [3.8, 4) is 0 Å². The van der Waals surface area contributed by atoms with Crippen LogP contribution >= 0.6 is 0 Å². The van der Waals surface area contributed by atoms with E-state index in [2.05, 4.69) is 83.1 Å². The van der Waals surface area contributed by atoms with Crippen LogP contribution in [0.5, 0.6) is 0 Å². The fraction of sp³-hybridized carbons (Fsp3) is 0.545. The molecule has 6 nitrogen and oxygen atoms in total. The Bertz CT molecular complexity index is 756. The molecule has 1 fully saturated rings. The summed E-state index contributed by atoms with van der Waals surface area (Å²) in [6.07, 6.45) is 6.56. The van der Waals surface area contributed by atoms with Crippen molar-refractivity contribution in [2.24, 2.45) is 18.0 Å². The first kappa shape index (κ1) is 20.2. The van der Waals surface area contributed by atoms with E-state index < -0.39 is 0 Å². The van der Waals surface area contributed by atoms with Crippen LogP contribution in [0.1, 0.15) is 37.9 Å². The van der Waals surface area contributed by atoms with Gasteiger partial charge in [-0.1, -0.05) is 13.0 Å². The van der Waals surface area contributed by atoms with Gasteiger partial charge in [-0.2, -0.15) is 0 Å². The fourth-order valence-electron chi connectivity index (χ4n) is 3.55. The predicted molar refractivity (Wildman–Crippen MR) is 117 cm³/mol. The Hall–Kier alpha value is -2.50. The zero-order valence-electron chi connectivity index (χ0n) is 17.7. The van der Waals surface area contributed by atoms with Crippen molar-refractivity contribution >= 4 is 11.8 Å². The number of rotatable bonds is 6. The van der Waals surface area contributed by atoms with E-state index in [1.807, 2.05) is 6.20 Å². The molecule has 0 aromatic carbocycles. The first-order chi connectivity index (χ1) is 13.6. The van der Waals surface area contributed by atoms with Crippen molar-refractivity contribution < 1.29 is 0 Å². The molecule has 1 aliphatic heterocycles. The number of hydrogen-bond acceptors (Lipinski definition) is 3. The van der Waals surface area contributed by atoms with Gasteiger partial charge in [0, 0.05) is 51.8 Å². The third kappa shape index (κ3) is 5.27. The second-order valence-corrected chi connectivity index (χ2v) is 7.83. The van der Waals surface area contributed by atoms with Gasteiger partial charge in [0.25, 0.3) is 0 Å². The number of aryl methyl sites for hydroxylation is 1. The summed E-state index contributed by atoms with van der Waals surface area (Å²) in [4.78, 5) is 14.1. The number of guanidine groups is 1. The normalized spacial score (nSPS) is 15.7. The van der Waals surface area contributed by atoms with E-state index in [1.165, 1.54) is 18.5 Å². The van der Waals surface area contributed by atoms with Crippen LogP contribution in [-0.2, 0) is 20.1 Å². The van der Waals surface area contributed by atoms with E-state index in [0.717, 1.165) is 49.4 Å². The van der Waals surface area contributed by atoms with Crippen LogP contribution in [0.4, 0.5) is 5.82 Å². The van der Waals surface area contributed by atoms with Crippen LogP contribution in [0.3, 0.4) is 0 Å². The summed E-state index contributed by atoms with van der Waals surface area (Å²) in [6, 6.07) is 8.51. The van der Waals surface area contributed by atoms with E-state index in [4.69, 9.17) is 4.99 Å². The molecule has 3 heterocycles. The minimum atomic E-state index is 0.629. The number of nitrogens with zero attached hydrogens (tertiary/aromatic N) is 5. The van der Waals surface area contributed by atoms with E-state index >= 15 is 0 Å². The molecule has 2 aromatic heterocycles. The van der Waals surface area contributed by atoms with Crippen LogP contribution < -0.4 is 10.2 Å². The Kier molecular flexibility index (Phi) is 6.95. The van der Waals surface area contributed by atoms with Crippen molar-refractivity contribution in [1.29, 1.82) is 0 Å². The van der Waals surface area contributed by atoms with Crippen LogP contribution in [0.25, 0.3) is 0 Å². The molecule has 1 N–H and O–H groups in total. The maximum atomic E-state index is 4.81. The Balaban J connectivity index is 1.61. The summed E-state index contributed by atoms with van der Waals surface area (Å²) in [6.45, 7) is 8.95. The molecule has 0 spiro atoms. The molecule has 0 atom stereocenters. The van der Waals surface area contributed by atoms with Gasteiger partial charge < -0.3 is 19.7 Å². The fourth-order valence-corrected chi connectivity index (χ4v) is 3.55. The SMILES string of the molecule is CCNC(=NCc1ccc(N2CCC(C)CC2)nc1)N(C)Cc1cccn1C. The standard InChI is InChI=1S/C22H34N6/c1-5-23-22(27(4)17-20-7-6-12-26(20)3)25-16-19-8-9-21(24-15-19)28-13-10-18(2)11-14-28/h6-9,12,15,18H,5,10-11,13-14,16-17H2,1-4H3,(H,23,25). The number of aromatic nitrogens is 2. The van der Waals surface area contributed by atoms with Crippen molar-refractivity contribution in [3.63, 3.8) is 0 Å².